The van der Waals surface area contributed by atoms with E-state index in [-0.39, 0.29) is 5.92 Å². The molecule has 21 heavy (non-hydrogen) atoms. The lowest BCUT2D eigenvalue weighted by Gasteiger charge is -2.29. The first-order valence-corrected chi connectivity index (χ1v) is 7.29. The molecule has 0 radical (unpaired) electrons. The summed E-state index contributed by atoms with van der Waals surface area (Å²) in [6.07, 6.45) is 0.0968. The van der Waals surface area contributed by atoms with Crippen molar-refractivity contribution in [2.75, 3.05) is 13.7 Å². The van der Waals surface area contributed by atoms with E-state index in [0.29, 0.717) is 22.9 Å². The van der Waals surface area contributed by atoms with E-state index in [2.05, 4.69) is 0 Å². The molecule has 0 saturated heterocycles. The number of aliphatic hydroxyl groups excluding tert-OH is 1. The van der Waals surface area contributed by atoms with Crippen LogP contribution in [0.3, 0.4) is 0 Å². The standard InChI is InChI=1S/C17H17ClO3/c1-20-16-7-6-13(18)9-14(16)17(19)12-8-11-4-2-3-5-15(11)21-10-12/h2-7,9,12,17,19H,8,10H2,1H3. The highest BCUT2D eigenvalue weighted by Gasteiger charge is 2.29. The fourth-order valence-electron chi connectivity index (χ4n) is 2.74. The molecule has 110 valence electrons. The Morgan fingerprint density at radius 2 is 2.10 bits per heavy atom. The normalized spacial score (nSPS) is 18.5. The van der Waals surface area contributed by atoms with Gasteiger partial charge in [0.15, 0.2) is 0 Å². The number of ether oxygens (including phenoxy) is 2. The zero-order valence-electron chi connectivity index (χ0n) is 11.8. The fourth-order valence-corrected chi connectivity index (χ4v) is 2.93. The van der Waals surface area contributed by atoms with Crippen molar-refractivity contribution in [2.24, 2.45) is 5.92 Å². The van der Waals surface area contributed by atoms with Crippen molar-refractivity contribution >= 4 is 11.6 Å². The monoisotopic (exact) mass is 304 g/mol. The SMILES string of the molecule is COc1ccc(Cl)cc1C(O)C1COc2ccccc2C1. The predicted molar refractivity (Wildman–Crippen MR) is 82.1 cm³/mol. The van der Waals surface area contributed by atoms with Crippen LogP contribution in [0.2, 0.25) is 5.02 Å². The number of halogens is 1. The lowest BCUT2D eigenvalue weighted by Crippen LogP contribution is -2.27. The van der Waals surface area contributed by atoms with E-state index in [1.54, 1.807) is 25.3 Å². The molecule has 2 aromatic rings. The van der Waals surface area contributed by atoms with Gasteiger partial charge in [-0.05, 0) is 36.2 Å². The summed E-state index contributed by atoms with van der Waals surface area (Å²) in [7, 11) is 1.59. The third-order valence-corrected chi connectivity index (χ3v) is 4.10. The van der Waals surface area contributed by atoms with Crippen LogP contribution < -0.4 is 9.47 Å². The van der Waals surface area contributed by atoms with E-state index in [0.717, 1.165) is 17.7 Å². The Bertz CT molecular complexity index is 642. The lowest BCUT2D eigenvalue weighted by molar-refractivity contribution is 0.0626. The lowest BCUT2D eigenvalue weighted by atomic mass is 9.88. The van der Waals surface area contributed by atoms with Gasteiger partial charge in [-0.2, -0.15) is 0 Å². The summed E-state index contributed by atoms with van der Waals surface area (Å²) >= 11 is 6.04. The molecule has 0 aliphatic carbocycles. The summed E-state index contributed by atoms with van der Waals surface area (Å²) in [5.41, 5.74) is 1.83. The Kier molecular flexibility index (Phi) is 4.04. The van der Waals surface area contributed by atoms with Gasteiger partial charge >= 0.3 is 0 Å². The van der Waals surface area contributed by atoms with Gasteiger partial charge in [0.2, 0.25) is 0 Å². The van der Waals surface area contributed by atoms with Gasteiger partial charge < -0.3 is 14.6 Å². The smallest absolute Gasteiger partial charge is 0.124 e. The molecule has 0 bridgehead atoms. The Labute approximate surface area is 129 Å². The van der Waals surface area contributed by atoms with E-state index in [9.17, 15) is 5.11 Å². The molecule has 0 fully saturated rings. The summed E-state index contributed by atoms with van der Waals surface area (Å²) < 4.78 is 11.1. The van der Waals surface area contributed by atoms with Gasteiger partial charge in [-0.15, -0.1) is 0 Å². The molecule has 0 spiro atoms. The van der Waals surface area contributed by atoms with Gasteiger partial charge in [0, 0.05) is 16.5 Å². The summed E-state index contributed by atoms with van der Waals surface area (Å²) in [6.45, 7) is 0.480. The van der Waals surface area contributed by atoms with Gasteiger partial charge in [-0.25, -0.2) is 0 Å². The van der Waals surface area contributed by atoms with Crippen molar-refractivity contribution < 1.29 is 14.6 Å². The second kappa shape index (κ2) is 5.96. The number of benzene rings is 2. The van der Waals surface area contributed by atoms with E-state index in [4.69, 9.17) is 21.1 Å². The third kappa shape index (κ3) is 2.85. The Morgan fingerprint density at radius 1 is 1.29 bits per heavy atom. The summed E-state index contributed by atoms with van der Waals surface area (Å²) in [5.74, 6) is 1.53. The number of methoxy groups -OCH3 is 1. The summed E-state index contributed by atoms with van der Waals surface area (Å²) in [4.78, 5) is 0. The molecule has 1 aliphatic rings. The number of fused-ring (bicyclic) bond motifs is 1. The van der Waals surface area contributed by atoms with Crippen LogP contribution in [0.25, 0.3) is 0 Å². The highest BCUT2D eigenvalue weighted by Crippen LogP contribution is 2.37. The number of hydrogen-bond acceptors (Lipinski definition) is 3. The largest absolute Gasteiger partial charge is 0.496 e. The first-order valence-electron chi connectivity index (χ1n) is 6.91. The van der Waals surface area contributed by atoms with Crippen LogP contribution in [0.4, 0.5) is 0 Å². The quantitative estimate of drug-likeness (QED) is 0.941. The minimum atomic E-state index is -0.674. The first-order chi connectivity index (χ1) is 10.2. The summed E-state index contributed by atoms with van der Waals surface area (Å²) in [6, 6.07) is 13.2. The van der Waals surface area contributed by atoms with Crippen LogP contribution in [0.1, 0.15) is 17.2 Å². The molecule has 3 nitrogen and oxygen atoms in total. The van der Waals surface area contributed by atoms with Crippen molar-refractivity contribution in [3.8, 4) is 11.5 Å². The molecule has 4 heteroatoms. The average molecular weight is 305 g/mol. The minimum Gasteiger partial charge on any atom is -0.496 e. The maximum Gasteiger partial charge on any atom is 0.124 e. The van der Waals surface area contributed by atoms with Crippen molar-refractivity contribution in [2.45, 2.75) is 12.5 Å². The molecule has 1 aliphatic heterocycles. The van der Waals surface area contributed by atoms with E-state index >= 15 is 0 Å². The Hall–Kier alpha value is -1.71. The zero-order valence-corrected chi connectivity index (χ0v) is 12.5. The number of rotatable bonds is 3. The number of aliphatic hydroxyl groups is 1. The van der Waals surface area contributed by atoms with E-state index in [1.807, 2.05) is 24.3 Å². The van der Waals surface area contributed by atoms with Gasteiger partial charge in [0.25, 0.3) is 0 Å². The molecule has 1 N–H and O–H groups in total. The molecular formula is C17H17ClO3. The molecule has 2 unspecified atom stereocenters. The van der Waals surface area contributed by atoms with Crippen molar-refractivity contribution in [3.63, 3.8) is 0 Å². The van der Waals surface area contributed by atoms with Gasteiger partial charge in [0.05, 0.1) is 19.8 Å². The van der Waals surface area contributed by atoms with Crippen LogP contribution in [0.5, 0.6) is 11.5 Å². The zero-order chi connectivity index (χ0) is 14.8. The Balaban J connectivity index is 1.87. The second-order valence-electron chi connectivity index (χ2n) is 5.21. The topological polar surface area (TPSA) is 38.7 Å². The molecule has 0 saturated carbocycles. The maximum atomic E-state index is 10.7. The maximum absolute atomic E-state index is 10.7. The van der Waals surface area contributed by atoms with Gasteiger partial charge in [0.1, 0.15) is 11.5 Å². The van der Waals surface area contributed by atoms with E-state index < -0.39 is 6.10 Å². The third-order valence-electron chi connectivity index (χ3n) is 3.86. The predicted octanol–water partition coefficient (Wildman–Crippen LogP) is 3.63. The molecule has 0 aromatic heterocycles. The van der Waals surface area contributed by atoms with Crippen LogP contribution >= 0.6 is 11.6 Å². The van der Waals surface area contributed by atoms with Crippen LogP contribution in [0, 0.1) is 5.92 Å². The van der Waals surface area contributed by atoms with Crippen LogP contribution in [0.15, 0.2) is 42.5 Å². The fraction of sp³-hybridized carbons (Fsp3) is 0.294. The van der Waals surface area contributed by atoms with Gasteiger partial charge in [-0.1, -0.05) is 29.8 Å². The van der Waals surface area contributed by atoms with Gasteiger partial charge in [-0.3, -0.25) is 0 Å². The van der Waals surface area contributed by atoms with Crippen molar-refractivity contribution in [1.82, 2.24) is 0 Å². The van der Waals surface area contributed by atoms with E-state index in [1.165, 1.54) is 0 Å². The summed E-state index contributed by atoms with van der Waals surface area (Å²) in [5, 5.41) is 11.3. The molecule has 2 atom stereocenters. The van der Waals surface area contributed by atoms with Crippen molar-refractivity contribution in [3.05, 3.63) is 58.6 Å². The molecular weight excluding hydrogens is 288 g/mol. The highest BCUT2D eigenvalue weighted by atomic mass is 35.5. The Morgan fingerprint density at radius 3 is 2.90 bits per heavy atom. The average Bonchev–Trinajstić information content (AvgIpc) is 2.53. The highest BCUT2D eigenvalue weighted by molar-refractivity contribution is 6.30. The molecule has 3 rings (SSSR count). The molecule has 2 aromatic carbocycles. The molecule has 0 amide bonds. The van der Waals surface area contributed by atoms with Crippen LogP contribution in [-0.4, -0.2) is 18.8 Å². The minimum absolute atomic E-state index is 0.0210. The first kappa shape index (κ1) is 14.2. The van der Waals surface area contributed by atoms with Crippen molar-refractivity contribution in [1.29, 1.82) is 0 Å². The molecule has 1 heterocycles. The van der Waals surface area contributed by atoms with Crippen LogP contribution in [-0.2, 0) is 6.42 Å². The number of hydrogen-bond donors (Lipinski definition) is 1. The number of para-hydroxylation sites is 1. The second-order valence-corrected chi connectivity index (χ2v) is 5.65.